The highest BCUT2D eigenvalue weighted by Crippen LogP contribution is 2.58. The quantitative estimate of drug-likeness (QED) is 0.898. The molecule has 1 aromatic carbocycles. The average Bonchev–Trinajstić information content (AvgIpc) is 2.95. The van der Waals surface area contributed by atoms with E-state index in [1.54, 1.807) is 19.2 Å². The van der Waals surface area contributed by atoms with Crippen LogP contribution in [-0.4, -0.2) is 34.2 Å². The smallest absolute Gasteiger partial charge is 0.252 e. The Morgan fingerprint density at radius 2 is 2.08 bits per heavy atom. The van der Waals surface area contributed by atoms with Gasteiger partial charge < -0.3 is 10.6 Å². The molecule has 2 aliphatic carbocycles. The number of hydrogen-bond acceptors (Lipinski definition) is 5. The second-order valence-corrected chi connectivity index (χ2v) is 7.65. The van der Waals surface area contributed by atoms with Crippen LogP contribution in [0.3, 0.4) is 0 Å². The Balaban J connectivity index is 1.68. The third-order valence-electron chi connectivity index (χ3n) is 6.36. The lowest BCUT2D eigenvalue weighted by molar-refractivity contribution is -0.125. The van der Waals surface area contributed by atoms with Crippen molar-refractivity contribution in [2.24, 2.45) is 11.3 Å². The average molecular weight is 338 g/mol. The van der Waals surface area contributed by atoms with Gasteiger partial charge in [0.05, 0.1) is 5.52 Å². The van der Waals surface area contributed by atoms with Gasteiger partial charge in [0, 0.05) is 24.4 Å². The van der Waals surface area contributed by atoms with Crippen LogP contribution in [0.25, 0.3) is 10.9 Å². The minimum atomic E-state index is -0.731. The number of aromatic nitrogens is 2. The monoisotopic (exact) mass is 338 g/mol. The van der Waals surface area contributed by atoms with Gasteiger partial charge in [0.25, 0.3) is 5.91 Å². The van der Waals surface area contributed by atoms with Crippen molar-refractivity contribution in [1.82, 2.24) is 15.3 Å². The van der Waals surface area contributed by atoms with Crippen LogP contribution >= 0.6 is 0 Å². The van der Waals surface area contributed by atoms with Gasteiger partial charge in [0.1, 0.15) is 17.7 Å². The van der Waals surface area contributed by atoms with Gasteiger partial charge in [0.15, 0.2) is 5.78 Å². The molecule has 1 aromatic heterocycles. The molecular formula is C19H22N4O2. The standard InChI is InChI=1S/C19H22N4O2/c1-18(2)12-6-7-19(18,15(24)9-12)23-17(25)11-4-5-13-14(8-11)21-10-22-16(13)20-3/h4-5,8,10,12H,6-7,9H2,1-3H3,(H,23,25)(H,20,21,22). The molecule has 0 radical (unpaired) electrons. The number of amides is 1. The van der Waals surface area contributed by atoms with Gasteiger partial charge in [-0.2, -0.15) is 0 Å². The number of carbonyl (C=O) groups excluding carboxylic acids is 2. The van der Waals surface area contributed by atoms with Gasteiger partial charge in [0.2, 0.25) is 0 Å². The molecule has 130 valence electrons. The molecule has 2 fully saturated rings. The number of nitrogens with zero attached hydrogens (tertiary/aromatic N) is 2. The molecule has 1 heterocycles. The second-order valence-electron chi connectivity index (χ2n) is 7.65. The molecule has 0 aliphatic heterocycles. The van der Waals surface area contributed by atoms with Crippen molar-refractivity contribution in [2.75, 3.05) is 12.4 Å². The SMILES string of the molecule is CNc1ncnc2cc(C(=O)NC34CCC(CC3=O)C4(C)C)ccc12. The largest absolute Gasteiger partial charge is 0.373 e. The summed E-state index contributed by atoms with van der Waals surface area (Å²) in [5.74, 6) is 1.04. The summed E-state index contributed by atoms with van der Waals surface area (Å²) in [6, 6.07) is 5.35. The molecule has 2 saturated carbocycles. The summed E-state index contributed by atoms with van der Waals surface area (Å²) in [5.41, 5.74) is 0.288. The number of anilines is 1. The van der Waals surface area contributed by atoms with Gasteiger partial charge in [-0.3, -0.25) is 9.59 Å². The highest BCUT2D eigenvalue weighted by Gasteiger charge is 2.64. The second kappa shape index (κ2) is 5.25. The molecule has 2 aromatic rings. The molecule has 2 atom stereocenters. The Labute approximate surface area is 146 Å². The lowest BCUT2D eigenvalue weighted by atomic mass is 9.75. The molecule has 4 rings (SSSR count). The summed E-state index contributed by atoms with van der Waals surface area (Å²) in [7, 11) is 1.80. The maximum Gasteiger partial charge on any atom is 0.252 e. The maximum absolute atomic E-state index is 12.9. The molecule has 1 amide bonds. The Bertz CT molecular complexity index is 892. The fraction of sp³-hybridized carbons (Fsp3) is 0.474. The van der Waals surface area contributed by atoms with E-state index in [1.807, 2.05) is 6.07 Å². The highest BCUT2D eigenvalue weighted by atomic mass is 16.2. The van der Waals surface area contributed by atoms with E-state index in [0.29, 0.717) is 23.4 Å². The summed E-state index contributed by atoms with van der Waals surface area (Å²) >= 11 is 0. The number of hydrogen-bond donors (Lipinski definition) is 2. The minimum absolute atomic E-state index is 0.169. The van der Waals surface area contributed by atoms with Crippen molar-refractivity contribution in [2.45, 2.75) is 38.6 Å². The van der Waals surface area contributed by atoms with Crippen LogP contribution in [-0.2, 0) is 4.79 Å². The van der Waals surface area contributed by atoms with Crippen molar-refractivity contribution in [3.05, 3.63) is 30.1 Å². The van der Waals surface area contributed by atoms with Crippen molar-refractivity contribution >= 4 is 28.4 Å². The maximum atomic E-state index is 12.9. The van der Waals surface area contributed by atoms with Crippen LogP contribution in [0.1, 0.15) is 43.5 Å². The fourth-order valence-electron chi connectivity index (χ4n) is 4.63. The van der Waals surface area contributed by atoms with Gasteiger partial charge in [-0.05, 0) is 42.4 Å². The van der Waals surface area contributed by atoms with Crippen molar-refractivity contribution < 1.29 is 9.59 Å². The van der Waals surface area contributed by atoms with E-state index >= 15 is 0 Å². The first kappa shape index (κ1) is 16.0. The van der Waals surface area contributed by atoms with E-state index < -0.39 is 5.54 Å². The minimum Gasteiger partial charge on any atom is -0.373 e. The predicted molar refractivity (Wildman–Crippen MR) is 95.4 cm³/mol. The first-order valence-electron chi connectivity index (χ1n) is 8.67. The van der Waals surface area contributed by atoms with Crippen LogP contribution in [0.15, 0.2) is 24.5 Å². The summed E-state index contributed by atoms with van der Waals surface area (Å²) < 4.78 is 0. The van der Waals surface area contributed by atoms with Crippen LogP contribution in [0, 0.1) is 11.3 Å². The molecule has 2 aliphatic rings. The fourth-order valence-corrected chi connectivity index (χ4v) is 4.63. The lowest BCUT2D eigenvalue weighted by Crippen LogP contribution is -2.57. The number of benzene rings is 1. The molecule has 0 saturated heterocycles. The summed E-state index contributed by atoms with van der Waals surface area (Å²) in [6.07, 6.45) is 3.77. The molecule has 25 heavy (non-hydrogen) atoms. The number of nitrogens with one attached hydrogen (secondary N) is 2. The lowest BCUT2D eigenvalue weighted by Gasteiger charge is -2.37. The Morgan fingerprint density at radius 1 is 1.28 bits per heavy atom. The first-order valence-corrected chi connectivity index (χ1v) is 8.67. The number of carbonyl (C=O) groups is 2. The third kappa shape index (κ3) is 2.09. The van der Waals surface area contributed by atoms with Gasteiger partial charge in [-0.15, -0.1) is 0 Å². The Morgan fingerprint density at radius 3 is 2.72 bits per heavy atom. The molecular weight excluding hydrogens is 316 g/mol. The third-order valence-corrected chi connectivity index (χ3v) is 6.36. The number of Topliss-reactive ketones (excluding diaryl/α,β-unsaturated/α-hetero) is 1. The molecule has 6 nitrogen and oxygen atoms in total. The predicted octanol–water partition coefficient (Wildman–Crippen LogP) is 2.55. The molecule has 2 bridgehead atoms. The number of ketones is 1. The molecule has 2 N–H and O–H groups in total. The van der Waals surface area contributed by atoms with E-state index in [1.165, 1.54) is 6.33 Å². The van der Waals surface area contributed by atoms with Gasteiger partial charge in [-0.1, -0.05) is 13.8 Å². The Kier molecular flexibility index (Phi) is 3.36. The first-order chi connectivity index (χ1) is 11.9. The van der Waals surface area contributed by atoms with E-state index in [4.69, 9.17) is 0 Å². The highest BCUT2D eigenvalue weighted by molar-refractivity contribution is 6.04. The zero-order valence-corrected chi connectivity index (χ0v) is 14.7. The van der Waals surface area contributed by atoms with E-state index in [0.717, 1.165) is 24.0 Å². The number of fused-ring (bicyclic) bond motifs is 3. The normalized spacial score (nSPS) is 26.8. The number of rotatable bonds is 3. The van der Waals surface area contributed by atoms with E-state index in [2.05, 4.69) is 34.4 Å². The molecule has 2 unspecified atom stereocenters. The zero-order chi connectivity index (χ0) is 17.8. The molecule has 6 heteroatoms. The van der Waals surface area contributed by atoms with Gasteiger partial charge >= 0.3 is 0 Å². The summed E-state index contributed by atoms with van der Waals surface area (Å²) in [4.78, 5) is 33.9. The molecule has 0 spiro atoms. The van der Waals surface area contributed by atoms with Crippen molar-refractivity contribution in [1.29, 1.82) is 0 Å². The van der Waals surface area contributed by atoms with Crippen molar-refractivity contribution in [3.8, 4) is 0 Å². The van der Waals surface area contributed by atoms with Crippen LogP contribution in [0.4, 0.5) is 5.82 Å². The zero-order valence-electron chi connectivity index (χ0n) is 14.7. The van der Waals surface area contributed by atoms with E-state index in [-0.39, 0.29) is 17.1 Å². The summed E-state index contributed by atoms with van der Waals surface area (Å²) in [6.45, 7) is 4.20. The van der Waals surface area contributed by atoms with Crippen LogP contribution in [0.5, 0.6) is 0 Å². The van der Waals surface area contributed by atoms with Crippen LogP contribution in [0.2, 0.25) is 0 Å². The van der Waals surface area contributed by atoms with Gasteiger partial charge in [-0.25, -0.2) is 9.97 Å². The topological polar surface area (TPSA) is 84.0 Å². The Hall–Kier alpha value is -2.50. The van der Waals surface area contributed by atoms with Crippen molar-refractivity contribution in [3.63, 3.8) is 0 Å². The van der Waals surface area contributed by atoms with Crippen LogP contribution < -0.4 is 10.6 Å². The summed E-state index contributed by atoms with van der Waals surface area (Å²) in [5, 5.41) is 6.96. The van der Waals surface area contributed by atoms with E-state index in [9.17, 15) is 9.59 Å².